The van der Waals surface area contributed by atoms with E-state index < -0.39 is 0 Å². The third-order valence-electron chi connectivity index (χ3n) is 10.4. The molecular formula is C47H28N4. The predicted molar refractivity (Wildman–Crippen MR) is 210 cm³/mol. The molecule has 51 heavy (non-hydrogen) atoms. The zero-order chi connectivity index (χ0) is 33.5. The molecule has 0 N–H and O–H groups in total. The maximum atomic E-state index is 5.21. The number of rotatable bonds is 4. The molecule has 0 atom stereocenters. The summed E-state index contributed by atoms with van der Waals surface area (Å²) in [4.78, 5) is 15.4. The summed E-state index contributed by atoms with van der Waals surface area (Å²) >= 11 is 0. The lowest BCUT2D eigenvalue weighted by molar-refractivity contribution is 1.08. The molecule has 4 heteroatoms. The summed E-state index contributed by atoms with van der Waals surface area (Å²) in [5.41, 5.74) is 11.5. The van der Waals surface area contributed by atoms with E-state index in [-0.39, 0.29) is 0 Å². The van der Waals surface area contributed by atoms with Crippen LogP contribution in [0.3, 0.4) is 0 Å². The van der Waals surface area contributed by atoms with Crippen molar-refractivity contribution in [2.75, 3.05) is 0 Å². The first-order valence-electron chi connectivity index (χ1n) is 17.3. The van der Waals surface area contributed by atoms with E-state index in [0.717, 1.165) is 38.5 Å². The molecule has 11 rings (SSSR count). The quantitative estimate of drug-likeness (QED) is 0.191. The Kier molecular flexibility index (Phi) is 5.92. The van der Waals surface area contributed by atoms with Gasteiger partial charge in [-0.15, -0.1) is 0 Å². The summed E-state index contributed by atoms with van der Waals surface area (Å²) in [5.74, 6) is 1.97. The molecule has 0 saturated heterocycles. The van der Waals surface area contributed by atoms with Gasteiger partial charge >= 0.3 is 0 Å². The third kappa shape index (κ3) is 4.17. The maximum absolute atomic E-state index is 5.21. The fourth-order valence-corrected chi connectivity index (χ4v) is 8.13. The molecule has 0 aliphatic heterocycles. The highest BCUT2D eigenvalue weighted by atomic mass is 15.0. The van der Waals surface area contributed by atoms with Gasteiger partial charge in [-0.1, -0.05) is 140 Å². The lowest BCUT2D eigenvalue weighted by Crippen LogP contribution is -2.01. The molecule has 0 spiro atoms. The molecule has 0 bridgehead atoms. The van der Waals surface area contributed by atoms with Gasteiger partial charge in [-0.05, 0) is 68.7 Å². The van der Waals surface area contributed by atoms with E-state index in [9.17, 15) is 0 Å². The number of aromatic nitrogens is 4. The van der Waals surface area contributed by atoms with Crippen molar-refractivity contribution in [3.05, 3.63) is 170 Å². The molecule has 0 fully saturated rings. The Labute approximate surface area is 294 Å². The van der Waals surface area contributed by atoms with Crippen LogP contribution in [0.2, 0.25) is 0 Å². The van der Waals surface area contributed by atoms with Crippen LogP contribution in [-0.2, 0) is 0 Å². The van der Waals surface area contributed by atoms with Crippen molar-refractivity contribution >= 4 is 43.4 Å². The second kappa shape index (κ2) is 10.8. The molecule has 0 radical (unpaired) electrons. The van der Waals surface area contributed by atoms with E-state index in [1.807, 2.05) is 18.2 Å². The molecule has 1 aliphatic carbocycles. The van der Waals surface area contributed by atoms with Crippen molar-refractivity contribution < 1.29 is 0 Å². The predicted octanol–water partition coefficient (Wildman–Crippen LogP) is 11.9. The molecule has 2 heterocycles. The van der Waals surface area contributed by atoms with E-state index in [0.29, 0.717) is 17.5 Å². The van der Waals surface area contributed by atoms with Crippen LogP contribution in [0.15, 0.2) is 170 Å². The molecule has 1 aliphatic rings. The molecule has 236 valence electrons. The highest BCUT2D eigenvalue weighted by molar-refractivity contribution is 6.18. The van der Waals surface area contributed by atoms with Gasteiger partial charge in [0, 0.05) is 32.8 Å². The molecule has 0 unspecified atom stereocenters. The van der Waals surface area contributed by atoms with Gasteiger partial charge in [0.15, 0.2) is 17.5 Å². The van der Waals surface area contributed by atoms with E-state index in [2.05, 4.69) is 156 Å². The Hall–Kier alpha value is -6.91. The van der Waals surface area contributed by atoms with Crippen LogP contribution < -0.4 is 0 Å². The Bertz CT molecular complexity index is 2950. The minimum absolute atomic E-state index is 0.648. The first-order valence-corrected chi connectivity index (χ1v) is 17.3. The van der Waals surface area contributed by atoms with Crippen molar-refractivity contribution in [3.63, 3.8) is 0 Å². The number of nitrogens with zero attached hydrogens (tertiary/aromatic N) is 4. The topological polar surface area (TPSA) is 43.6 Å². The average Bonchev–Trinajstić information content (AvgIpc) is 3.71. The summed E-state index contributed by atoms with van der Waals surface area (Å²) in [6, 6.07) is 60.2. The SMILES string of the molecule is c1ccc(-c2nc(-c3ccc4c(-n5c6ccccc6c6ccccc65)cccc4c3)nc(-c3ccc4c5c(cccc35)-c3ccccc3-4)n2)cc1. The van der Waals surface area contributed by atoms with Crippen LogP contribution in [-0.4, -0.2) is 19.5 Å². The molecule has 8 aromatic carbocycles. The van der Waals surface area contributed by atoms with Gasteiger partial charge in [0.05, 0.1) is 16.7 Å². The highest BCUT2D eigenvalue weighted by Crippen LogP contribution is 2.49. The molecule has 4 nitrogen and oxygen atoms in total. The van der Waals surface area contributed by atoms with E-state index in [1.165, 1.54) is 49.4 Å². The number of hydrogen-bond acceptors (Lipinski definition) is 3. The fourth-order valence-electron chi connectivity index (χ4n) is 8.13. The van der Waals surface area contributed by atoms with E-state index >= 15 is 0 Å². The summed E-state index contributed by atoms with van der Waals surface area (Å²) in [6.07, 6.45) is 0. The van der Waals surface area contributed by atoms with Crippen molar-refractivity contribution in [1.82, 2.24) is 19.5 Å². The second-order valence-electron chi connectivity index (χ2n) is 13.2. The first-order chi connectivity index (χ1) is 25.3. The van der Waals surface area contributed by atoms with Gasteiger partial charge in [0.2, 0.25) is 0 Å². The minimum Gasteiger partial charge on any atom is -0.309 e. The Morgan fingerprint density at radius 1 is 0.333 bits per heavy atom. The first kappa shape index (κ1) is 28.0. The zero-order valence-electron chi connectivity index (χ0n) is 27.5. The summed E-state index contributed by atoms with van der Waals surface area (Å²) in [7, 11) is 0. The van der Waals surface area contributed by atoms with Gasteiger partial charge in [-0.3, -0.25) is 0 Å². The van der Waals surface area contributed by atoms with Crippen molar-refractivity contribution in [3.8, 4) is 62.1 Å². The fraction of sp³-hybridized carbons (Fsp3) is 0. The summed E-state index contributed by atoms with van der Waals surface area (Å²) in [6.45, 7) is 0. The van der Waals surface area contributed by atoms with Gasteiger partial charge < -0.3 is 4.57 Å². The smallest absolute Gasteiger partial charge is 0.164 e. The second-order valence-corrected chi connectivity index (χ2v) is 13.2. The van der Waals surface area contributed by atoms with Crippen LogP contribution in [0.5, 0.6) is 0 Å². The van der Waals surface area contributed by atoms with E-state index in [4.69, 9.17) is 15.0 Å². The average molecular weight is 649 g/mol. The molecule has 10 aromatic rings. The van der Waals surface area contributed by atoms with Gasteiger partial charge in [0.25, 0.3) is 0 Å². The lowest BCUT2D eigenvalue weighted by Gasteiger charge is -2.13. The van der Waals surface area contributed by atoms with Crippen LogP contribution in [0, 0.1) is 0 Å². The van der Waals surface area contributed by atoms with Crippen LogP contribution in [0.1, 0.15) is 0 Å². The molecule has 0 amide bonds. The largest absolute Gasteiger partial charge is 0.309 e. The minimum atomic E-state index is 0.648. The van der Waals surface area contributed by atoms with Crippen LogP contribution in [0.4, 0.5) is 0 Å². The van der Waals surface area contributed by atoms with Crippen molar-refractivity contribution in [1.29, 1.82) is 0 Å². The Balaban J connectivity index is 1.11. The lowest BCUT2D eigenvalue weighted by atomic mass is 9.98. The van der Waals surface area contributed by atoms with E-state index in [1.54, 1.807) is 0 Å². The maximum Gasteiger partial charge on any atom is 0.164 e. The molecule has 2 aromatic heterocycles. The van der Waals surface area contributed by atoms with Gasteiger partial charge in [-0.2, -0.15) is 0 Å². The molecular weight excluding hydrogens is 621 g/mol. The third-order valence-corrected chi connectivity index (χ3v) is 10.4. The van der Waals surface area contributed by atoms with Gasteiger partial charge in [0.1, 0.15) is 0 Å². The highest BCUT2D eigenvalue weighted by Gasteiger charge is 2.24. The monoisotopic (exact) mass is 648 g/mol. The standard InChI is InChI=1S/C47H28N4/c1-2-12-29(13-3-1)45-48-46(50-47(49-45)40-27-26-39-34-16-5-4-15-33(34)37-19-11-20-38(40)44(37)39)31-24-25-32-30(28-31)14-10-23-41(32)51-42-21-8-6-17-35(42)36-18-7-9-22-43(36)51/h1-28H. The van der Waals surface area contributed by atoms with Crippen molar-refractivity contribution in [2.24, 2.45) is 0 Å². The van der Waals surface area contributed by atoms with Crippen LogP contribution >= 0.6 is 0 Å². The normalized spacial score (nSPS) is 11.9. The Morgan fingerprint density at radius 2 is 0.902 bits per heavy atom. The number of fused-ring (bicyclic) bond motifs is 7. The zero-order valence-corrected chi connectivity index (χ0v) is 27.5. The molecule has 0 saturated carbocycles. The summed E-state index contributed by atoms with van der Waals surface area (Å²) in [5, 5.41) is 7.18. The van der Waals surface area contributed by atoms with Crippen LogP contribution in [0.25, 0.3) is 105 Å². The number of benzene rings is 8. The summed E-state index contributed by atoms with van der Waals surface area (Å²) < 4.78 is 2.38. The van der Waals surface area contributed by atoms with Crippen molar-refractivity contribution in [2.45, 2.75) is 0 Å². The van der Waals surface area contributed by atoms with Gasteiger partial charge in [-0.25, -0.2) is 15.0 Å². The Morgan fingerprint density at radius 3 is 1.67 bits per heavy atom. The number of para-hydroxylation sites is 2. The number of hydrogen-bond donors (Lipinski definition) is 0.